The number of aryl methyl sites for hydroxylation is 1. The highest BCUT2D eigenvalue weighted by molar-refractivity contribution is 8.00. The van der Waals surface area contributed by atoms with Gasteiger partial charge in [-0.25, -0.2) is 13.4 Å². The van der Waals surface area contributed by atoms with Gasteiger partial charge in [-0.05, 0) is 62.3 Å². The van der Waals surface area contributed by atoms with Crippen molar-refractivity contribution in [2.24, 2.45) is 0 Å². The Morgan fingerprint density at radius 1 is 1.17 bits per heavy atom. The molecule has 160 valence electrons. The minimum Gasteiger partial charge on any atom is -0.348 e. The molecule has 0 unspecified atom stereocenters. The van der Waals surface area contributed by atoms with Crippen LogP contribution in [0.2, 0.25) is 0 Å². The summed E-state index contributed by atoms with van der Waals surface area (Å²) in [7, 11) is -3.47. The van der Waals surface area contributed by atoms with Crippen molar-refractivity contribution in [1.82, 2.24) is 14.6 Å². The molecule has 1 saturated heterocycles. The van der Waals surface area contributed by atoms with Gasteiger partial charge < -0.3 is 5.32 Å². The molecule has 0 spiro atoms. The number of pyridine rings is 1. The molecular weight excluding hydrogens is 418 g/mol. The zero-order chi connectivity index (χ0) is 21.1. The zero-order valence-electron chi connectivity index (χ0n) is 17.1. The van der Waals surface area contributed by atoms with Crippen molar-refractivity contribution in [2.75, 3.05) is 13.1 Å². The number of rotatable bonds is 6. The molecule has 2 aliphatic rings. The molecule has 1 aromatic heterocycles. The van der Waals surface area contributed by atoms with Gasteiger partial charge in [0.2, 0.25) is 15.9 Å². The van der Waals surface area contributed by atoms with E-state index >= 15 is 0 Å². The molecule has 2 aromatic rings. The number of aromatic nitrogens is 1. The predicted octanol–water partition coefficient (Wildman–Crippen LogP) is 3.54. The minimum atomic E-state index is -3.47. The Labute approximate surface area is 182 Å². The number of sulfonamides is 1. The molecule has 0 radical (unpaired) electrons. The third-order valence-electron chi connectivity index (χ3n) is 5.76. The molecule has 0 bridgehead atoms. The lowest BCUT2D eigenvalue weighted by Crippen LogP contribution is -2.35. The van der Waals surface area contributed by atoms with Gasteiger partial charge in [0, 0.05) is 19.3 Å². The number of amides is 1. The van der Waals surface area contributed by atoms with Gasteiger partial charge in [-0.3, -0.25) is 4.79 Å². The average molecular weight is 446 g/mol. The number of hydrogen-bond donors (Lipinski definition) is 1. The Hall–Kier alpha value is -1.90. The summed E-state index contributed by atoms with van der Waals surface area (Å²) in [4.78, 5) is 17.3. The van der Waals surface area contributed by atoms with Crippen LogP contribution < -0.4 is 5.32 Å². The average Bonchev–Trinajstić information content (AvgIpc) is 3.30. The van der Waals surface area contributed by atoms with Crippen molar-refractivity contribution in [2.45, 2.75) is 60.2 Å². The summed E-state index contributed by atoms with van der Waals surface area (Å²) in [5.41, 5.74) is 2.52. The smallest absolute Gasteiger partial charge is 0.244 e. The number of thioether (sulfide) groups is 1. The van der Waals surface area contributed by atoms with Crippen LogP contribution in [0.25, 0.3) is 0 Å². The Kier molecular flexibility index (Phi) is 6.46. The SMILES string of the molecule is C[C@@H](Sc1ccc(S(=O)(=O)N2CCCC2)cn1)C(=O)N[C@@H]1CCCc2ccccc21. The standard InChI is InChI=1S/C22H27N3O3S2/c1-16(22(26)24-20-10-6-8-17-7-2-3-9-19(17)20)29-21-12-11-18(15-23-21)30(27,28)25-13-4-5-14-25/h2-3,7,9,11-12,15-16,20H,4-6,8,10,13-14H2,1H3,(H,24,26)/t16-,20-/m1/s1. The second-order valence-electron chi connectivity index (χ2n) is 7.86. The number of carbonyl (C=O) groups is 1. The Balaban J connectivity index is 1.38. The molecule has 1 aliphatic heterocycles. The first kappa shape index (κ1) is 21.3. The fourth-order valence-electron chi connectivity index (χ4n) is 4.09. The molecule has 8 heteroatoms. The van der Waals surface area contributed by atoms with E-state index in [0.29, 0.717) is 18.1 Å². The Bertz CT molecular complexity index is 1000. The van der Waals surface area contributed by atoms with Gasteiger partial charge in [0.25, 0.3) is 0 Å². The van der Waals surface area contributed by atoms with E-state index < -0.39 is 10.0 Å². The number of carbonyl (C=O) groups excluding carboxylic acids is 1. The van der Waals surface area contributed by atoms with Crippen LogP contribution in [0.3, 0.4) is 0 Å². The first-order chi connectivity index (χ1) is 14.4. The Morgan fingerprint density at radius 3 is 2.67 bits per heavy atom. The van der Waals surface area contributed by atoms with Gasteiger partial charge in [-0.2, -0.15) is 4.31 Å². The highest BCUT2D eigenvalue weighted by Crippen LogP contribution is 2.30. The van der Waals surface area contributed by atoms with Crippen molar-refractivity contribution in [3.8, 4) is 0 Å². The van der Waals surface area contributed by atoms with Crippen molar-refractivity contribution in [3.63, 3.8) is 0 Å². The molecule has 1 amide bonds. The molecule has 4 rings (SSSR count). The first-order valence-electron chi connectivity index (χ1n) is 10.5. The maximum atomic E-state index is 12.8. The second kappa shape index (κ2) is 9.08. The number of fused-ring (bicyclic) bond motifs is 1. The summed E-state index contributed by atoms with van der Waals surface area (Å²) in [5.74, 6) is -0.0303. The molecule has 2 atom stereocenters. The highest BCUT2D eigenvalue weighted by Gasteiger charge is 2.28. The van der Waals surface area contributed by atoms with Crippen molar-refractivity contribution in [1.29, 1.82) is 0 Å². The molecule has 1 fully saturated rings. The summed E-state index contributed by atoms with van der Waals surface area (Å²) in [6.07, 6.45) is 6.28. The first-order valence-corrected chi connectivity index (χ1v) is 12.8. The maximum absolute atomic E-state index is 12.8. The highest BCUT2D eigenvalue weighted by atomic mass is 32.2. The monoisotopic (exact) mass is 445 g/mol. The fraction of sp³-hybridized carbons (Fsp3) is 0.455. The van der Waals surface area contributed by atoms with Crippen LogP contribution in [0.5, 0.6) is 0 Å². The summed E-state index contributed by atoms with van der Waals surface area (Å²) < 4.78 is 26.7. The van der Waals surface area contributed by atoms with Crippen LogP contribution in [0, 0.1) is 0 Å². The fourth-order valence-corrected chi connectivity index (χ4v) is 6.35. The summed E-state index contributed by atoms with van der Waals surface area (Å²) in [6, 6.07) is 11.6. The largest absolute Gasteiger partial charge is 0.348 e. The quantitative estimate of drug-likeness (QED) is 0.688. The van der Waals surface area contributed by atoms with Crippen LogP contribution in [-0.4, -0.2) is 42.0 Å². The molecule has 6 nitrogen and oxygen atoms in total. The minimum absolute atomic E-state index is 0.0303. The van der Waals surface area contributed by atoms with E-state index in [4.69, 9.17) is 0 Å². The molecule has 2 heterocycles. The predicted molar refractivity (Wildman–Crippen MR) is 118 cm³/mol. The summed E-state index contributed by atoms with van der Waals surface area (Å²) in [5, 5.41) is 3.49. The van der Waals surface area contributed by atoms with Gasteiger partial charge in [0.05, 0.1) is 16.3 Å². The Morgan fingerprint density at radius 2 is 1.93 bits per heavy atom. The normalized spacial score (nSPS) is 20.5. The van der Waals surface area contributed by atoms with Gasteiger partial charge >= 0.3 is 0 Å². The second-order valence-corrected chi connectivity index (χ2v) is 11.2. The van der Waals surface area contributed by atoms with E-state index in [1.807, 2.05) is 19.1 Å². The van der Waals surface area contributed by atoms with Gasteiger partial charge in [0.1, 0.15) is 4.90 Å². The van der Waals surface area contributed by atoms with E-state index in [-0.39, 0.29) is 22.1 Å². The number of nitrogens with one attached hydrogen (secondary N) is 1. The summed E-state index contributed by atoms with van der Waals surface area (Å²) in [6.45, 7) is 2.99. The molecule has 1 aliphatic carbocycles. The van der Waals surface area contributed by atoms with Gasteiger partial charge in [0.15, 0.2) is 0 Å². The van der Waals surface area contributed by atoms with Crippen molar-refractivity contribution >= 4 is 27.7 Å². The van der Waals surface area contributed by atoms with Crippen LogP contribution in [0.15, 0.2) is 52.5 Å². The van der Waals surface area contributed by atoms with E-state index in [0.717, 1.165) is 32.1 Å². The van der Waals surface area contributed by atoms with Gasteiger partial charge in [-0.1, -0.05) is 36.0 Å². The van der Waals surface area contributed by atoms with Crippen LogP contribution in [0.1, 0.15) is 49.8 Å². The number of benzene rings is 1. The number of hydrogen-bond acceptors (Lipinski definition) is 5. The van der Waals surface area contributed by atoms with Crippen LogP contribution in [0.4, 0.5) is 0 Å². The van der Waals surface area contributed by atoms with E-state index in [1.165, 1.54) is 33.4 Å². The van der Waals surface area contributed by atoms with Crippen molar-refractivity contribution < 1.29 is 13.2 Å². The third-order valence-corrected chi connectivity index (χ3v) is 8.70. The molecule has 1 aromatic carbocycles. The molecular formula is C22H27N3O3S2. The summed E-state index contributed by atoms with van der Waals surface area (Å²) >= 11 is 1.34. The topological polar surface area (TPSA) is 79.4 Å². The van der Waals surface area contributed by atoms with E-state index in [2.05, 4.69) is 22.4 Å². The number of nitrogens with zero attached hydrogens (tertiary/aromatic N) is 2. The molecule has 30 heavy (non-hydrogen) atoms. The lowest BCUT2D eigenvalue weighted by Gasteiger charge is -2.27. The zero-order valence-corrected chi connectivity index (χ0v) is 18.7. The lowest BCUT2D eigenvalue weighted by molar-refractivity contribution is -0.121. The van der Waals surface area contributed by atoms with Gasteiger partial charge in [-0.15, -0.1) is 0 Å². The molecule has 1 N–H and O–H groups in total. The maximum Gasteiger partial charge on any atom is 0.244 e. The molecule has 0 saturated carbocycles. The van der Waals surface area contributed by atoms with Crippen LogP contribution in [-0.2, 0) is 21.2 Å². The third kappa shape index (κ3) is 4.55. The van der Waals surface area contributed by atoms with Crippen molar-refractivity contribution in [3.05, 3.63) is 53.7 Å². The van der Waals surface area contributed by atoms with Crippen LogP contribution >= 0.6 is 11.8 Å². The van der Waals surface area contributed by atoms with E-state index in [1.54, 1.807) is 12.1 Å². The van der Waals surface area contributed by atoms with E-state index in [9.17, 15) is 13.2 Å². The lowest BCUT2D eigenvalue weighted by atomic mass is 9.88.